The maximum Gasteiger partial charge on any atom is 0.0682 e. The first kappa shape index (κ1) is 12.7. The van der Waals surface area contributed by atoms with Crippen LogP contribution in [0.5, 0.6) is 0 Å². The standard InChI is InChI=1S/C14H20ClNO/c1-16(12-5-3-2-4-6-12)14-8-7-11(10-17)9-13(14)15/h7-9,12,17H,2-6,10H2,1H3. The van der Waals surface area contributed by atoms with Gasteiger partial charge in [0.15, 0.2) is 0 Å². The number of aliphatic hydroxyl groups is 1. The predicted molar refractivity (Wildman–Crippen MR) is 72.7 cm³/mol. The van der Waals surface area contributed by atoms with Gasteiger partial charge in [0.1, 0.15) is 0 Å². The van der Waals surface area contributed by atoms with Crippen LogP contribution in [0.4, 0.5) is 5.69 Å². The van der Waals surface area contributed by atoms with Crippen LogP contribution in [-0.2, 0) is 6.61 Å². The van der Waals surface area contributed by atoms with Crippen LogP contribution in [0.3, 0.4) is 0 Å². The van der Waals surface area contributed by atoms with Crippen LogP contribution in [0, 0.1) is 0 Å². The molecule has 0 amide bonds. The van der Waals surface area contributed by atoms with Crippen LogP contribution in [0.15, 0.2) is 18.2 Å². The van der Waals surface area contributed by atoms with Crippen LogP contribution in [0.2, 0.25) is 5.02 Å². The number of rotatable bonds is 3. The zero-order valence-corrected chi connectivity index (χ0v) is 11.1. The highest BCUT2D eigenvalue weighted by atomic mass is 35.5. The fourth-order valence-electron chi connectivity index (χ4n) is 2.60. The van der Waals surface area contributed by atoms with Crippen LogP contribution >= 0.6 is 11.6 Å². The SMILES string of the molecule is CN(c1ccc(CO)cc1Cl)C1CCCCC1. The highest BCUT2D eigenvalue weighted by Gasteiger charge is 2.19. The average molecular weight is 254 g/mol. The van der Waals surface area contributed by atoms with Gasteiger partial charge in [-0.2, -0.15) is 0 Å². The number of hydrogen-bond acceptors (Lipinski definition) is 2. The summed E-state index contributed by atoms with van der Waals surface area (Å²) in [6.45, 7) is 0.0488. The first-order valence-corrected chi connectivity index (χ1v) is 6.72. The van der Waals surface area contributed by atoms with E-state index in [9.17, 15) is 0 Å². The second-order valence-electron chi connectivity index (χ2n) is 4.85. The molecular weight excluding hydrogens is 234 g/mol. The van der Waals surface area contributed by atoms with Gasteiger partial charge in [0.2, 0.25) is 0 Å². The molecule has 1 aliphatic carbocycles. The highest BCUT2D eigenvalue weighted by Crippen LogP contribution is 2.31. The quantitative estimate of drug-likeness (QED) is 0.890. The third-order valence-electron chi connectivity index (χ3n) is 3.70. The molecule has 0 radical (unpaired) electrons. The lowest BCUT2D eigenvalue weighted by Gasteiger charge is -2.33. The van der Waals surface area contributed by atoms with E-state index in [0.717, 1.165) is 16.3 Å². The molecule has 2 rings (SSSR count). The van der Waals surface area contributed by atoms with Gasteiger partial charge in [-0.15, -0.1) is 0 Å². The summed E-state index contributed by atoms with van der Waals surface area (Å²) in [5, 5.41) is 9.81. The second kappa shape index (κ2) is 5.74. The fraction of sp³-hybridized carbons (Fsp3) is 0.571. The van der Waals surface area contributed by atoms with Crippen molar-refractivity contribution in [2.45, 2.75) is 44.8 Å². The number of anilines is 1. The summed E-state index contributed by atoms with van der Waals surface area (Å²) in [4.78, 5) is 2.29. The van der Waals surface area contributed by atoms with Gasteiger partial charge in [-0.3, -0.25) is 0 Å². The van der Waals surface area contributed by atoms with Crippen molar-refractivity contribution in [2.75, 3.05) is 11.9 Å². The average Bonchev–Trinajstić information content (AvgIpc) is 2.39. The Balaban J connectivity index is 2.15. The maximum absolute atomic E-state index is 9.07. The highest BCUT2D eigenvalue weighted by molar-refractivity contribution is 6.33. The minimum Gasteiger partial charge on any atom is -0.392 e. The molecule has 1 aromatic carbocycles. The van der Waals surface area contributed by atoms with Crippen LogP contribution < -0.4 is 4.90 Å². The Labute approximate surface area is 108 Å². The van der Waals surface area contributed by atoms with Crippen molar-refractivity contribution in [1.82, 2.24) is 0 Å². The van der Waals surface area contributed by atoms with E-state index in [1.807, 2.05) is 18.2 Å². The Morgan fingerprint density at radius 1 is 1.29 bits per heavy atom. The van der Waals surface area contributed by atoms with E-state index in [2.05, 4.69) is 11.9 Å². The minimum atomic E-state index is 0.0488. The van der Waals surface area contributed by atoms with Crippen LogP contribution in [0.25, 0.3) is 0 Å². The van der Waals surface area contributed by atoms with Gasteiger partial charge in [-0.1, -0.05) is 36.9 Å². The van der Waals surface area contributed by atoms with E-state index in [1.165, 1.54) is 32.1 Å². The molecule has 94 valence electrons. The maximum atomic E-state index is 9.07. The zero-order chi connectivity index (χ0) is 12.3. The number of benzene rings is 1. The lowest BCUT2D eigenvalue weighted by atomic mass is 9.94. The molecule has 0 aromatic heterocycles. The molecule has 1 saturated carbocycles. The van der Waals surface area contributed by atoms with Gasteiger partial charge in [0, 0.05) is 13.1 Å². The molecule has 0 aliphatic heterocycles. The largest absolute Gasteiger partial charge is 0.392 e. The van der Waals surface area contributed by atoms with Gasteiger partial charge >= 0.3 is 0 Å². The Kier molecular flexibility index (Phi) is 4.30. The number of hydrogen-bond donors (Lipinski definition) is 1. The predicted octanol–water partition coefficient (Wildman–Crippen LogP) is 3.60. The molecule has 2 nitrogen and oxygen atoms in total. The number of nitrogens with zero attached hydrogens (tertiary/aromatic N) is 1. The van der Waals surface area contributed by atoms with Crippen molar-refractivity contribution in [2.24, 2.45) is 0 Å². The third kappa shape index (κ3) is 2.93. The molecule has 1 N–H and O–H groups in total. The summed E-state index contributed by atoms with van der Waals surface area (Å²) >= 11 is 6.27. The summed E-state index contributed by atoms with van der Waals surface area (Å²) in [5.41, 5.74) is 1.95. The topological polar surface area (TPSA) is 23.5 Å². The lowest BCUT2D eigenvalue weighted by molar-refractivity contribution is 0.282. The van der Waals surface area contributed by atoms with E-state index < -0.39 is 0 Å². The molecule has 0 saturated heterocycles. The molecule has 0 bridgehead atoms. The van der Waals surface area contributed by atoms with Gasteiger partial charge in [-0.25, -0.2) is 0 Å². The molecule has 0 unspecified atom stereocenters. The molecular formula is C14H20ClNO. The molecule has 0 heterocycles. The normalized spacial score (nSPS) is 17.1. The second-order valence-corrected chi connectivity index (χ2v) is 5.25. The van der Waals surface area contributed by atoms with Gasteiger partial charge < -0.3 is 10.0 Å². The molecule has 0 spiro atoms. The van der Waals surface area contributed by atoms with Crippen LogP contribution in [0.1, 0.15) is 37.7 Å². The first-order chi connectivity index (χ1) is 8.22. The number of aliphatic hydroxyl groups excluding tert-OH is 1. The Hall–Kier alpha value is -0.730. The summed E-state index contributed by atoms with van der Waals surface area (Å²) in [6, 6.07) is 6.43. The van der Waals surface area contributed by atoms with Crippen molar-refractivity contribution in [3.05, 3.63) is 28.8 Å². The lowest BCUT2D eigenvalue weighted by Crippen LogP contribution is -2.33. The van der Waals surface area contributed by atoms with Crippen molar-refractivity contribution in [3.8, 4) is 0 Å². The summed E-state index contributed by atoms with van der Waals surface area (Å²) in [6.07, 6.45) is 6.52. The van der Waals surface area contributed by atoms with Crippen molar-refractivity contribution >= 4 is 17.3 Å². The molecule has 1 aliphatic rings. The Morgan fingerprint density at radius 2 is 2.00 bits per heavy atom. The monoisotopic (exact) mass is 253 g/mol. The molecule has 3 heteroatoms. The Bertz CT molecular complexity index is 374. The molecule has 1 fully saturated rings. The van der Waals surface area contributed by atoms with Gasteiger partial charge in [0.05, 0.1) is 17.3 Å². The number of halogens is 1. The van der Waals surface area contributed by atoms with Crippen LogP contribution in [-0.4, -0.2) is 18.2 Å². The van der Waals surface area contributed by atoms with E-state index in [-0.39, 0.29) is 6.61 Å². The van der Waals surface area contributed by atoms with Crippen molar-refractivity contribution in [1.29, 1.82) is 0 Å². The first-order valence-electron chi connectivity index (χ1n) is 6.34. The minimum absolute atomic E-state index is 0.0488. The summed E-state index contributed by atoms with van der Waals surface area (Å²) in [7, 11) is 2.12. The molecule has 17 heavy (non-hydrogen) atoms. The zero-order valence-electron chi connectivity index (χ0n) is 10.3. The molecule has 0 atom stereocenters. The summed E-state index contributed by atoms with van der Waals surface area (Å²) < 4.78 is 0. The van der Waals surface area contributed by atoms with Gasteiger partial charge in [0.25, 0.3) is 0 Å². The van der Waals surface area contributed by atoms with Gasteiger partial charge in [-0.05, 0) is 30.5 Å². The fourth-order valence-corrected chi connectivity index (χ4v) is 2.94. The smallest absolute Gasteiger partial charge is 0.0682 e. The molecule has 1 aromatic rings. The van der Waals surface area contributed by atoms with E-state index in [1.54, 1.807) is 0 Å². The van der Waals surface area contributed by atoms with E-state index >= 15 is 0 Å². The van der Waals surface area contributed by atoms with Crippen molar-refractivity contribution in [3.63, 3.8) is 0 Å². The van der Waals surface area contributed by atoms with Crippen molar-refractivity contribution < 1.29 is 5.11 Å². The van der Waals surface area contributed by atoms with E-state index in [4.69, 9.17) is 16.7 Å². The van der Waals surface area contributed by atoms with E-state index in [0.29, 0.717) is 6.04 Å². The Morgan fingerprint density at radius 3 is 2.59 bits per heavy atom. The summed E-state index contributed by atoms with van der Waals surface area (Å²) in [5.74, 6) is 0. The third-order valence-corrected chi connectivity index (χ3v) is 4.00.